The summed E-state index contributed by atoms with van der Waals surface area (Å²) in [5.74, 6) is 0.817. The molecule has 0 saturated carbocycles. The van der Waals surface area contributed by atoms with Gasteiger partial charge in [0.15, 0.2) is 5.15 Å². The molecule has 1 aliphatic heterocycles. The zero-order valence-electron chi connectivity index (χ0n) is 18.2. The third-order valence-electron chi connectivity index (χ3n) is 5.60. The molecule has 3 aromatic carbocycles. The lowest BCUT2D eigenvalue weighted by atomic mass is 10.0. The van der Waals surface area contributed by atoms with Crippen LogP contribution in [0.2, 0.25) is 5.15 Å². The van der Waals surface area contributed by atoms with Crippen molar-refractivity contribution in [2.45, 2.75) is 11.4 Å². The third kappa shape index (κ3) is 4.71. The summed E-state index contributed by atoms with van der Waals surface area (Å²) in [4.78, 5) is 6.66. The summed E-state index contributed by atoms with van der Waals surface area (Å²) in [6.45, 7) is 2.15. The summed E-state index contributed by atoms with van der Waals surface area (Å²) >= 11 is 6.24. The van der Waals surface area contributed by atoms with Crippen LogP contribution in [0.15, 0.2) is 96.0 Å². The van der Waals surface area contributed by atoms with Gasteiger partial charge >= 0.3 is 0 Å². The van der Waals surface area contributed by atoms with Crippen molar-refractivity contribution in [3.63, 3.8) is 0 Å². The molecule has 0 unspecified atom stereocenters. The van der Waals surface area contributed by atoms with Gasteiger partial charge in [-0.3, -0.25) is 4.72 Å². The van der Waals surface area contributed by atoms with Gasteiger partial charge in [0.1, 0.15) is 12.4 Å². The fraction of sp³-hybridized carbons (Fsp3) is 0.115. The van der Waals surface area contributed by atoms with Crippen molar-refractivity contribution >= 4 is 33.0 Å². The lowest BCUT2D eigenvalue weighted by molar-refractivity contribution is 0.307. The molecule has 0 spiro atoms. The molecule has 0 amide bonds. The second kappa shape index (κ2) is 9.37. The quantitative estimate of drug-likeness (QED) is 0.355. The largest absolute Gasteiger partial charge is 0.490 e. The van der Waals surface area contributed by atoms with Crippen LogP contribution in [0.25, 0.3) is 11.1 Å². The Balaban J connectivity index is 1.46. The minimum Gasteiger partial charge on any atom is -0.490 e. The number of anilines is 2. The van der Waals surface area contributed by atoms with Crippen molar-refractivity contribution < 1.29 is 13.2 Å². The van der Waals surface area contributed by atoms with E-state index in [4.69, 9.17) is 16.3 Å². The number of rotatable bonds is 6. The molecular weight excluding hydrogens is 470 g/mol. The fourth-order valence-electron chi connectivity index (χ4n) is 3.90. The minimum atomic E-state index is -3.80. The summed E-state index contributed by atoms with van der Waals surface area (Å²) in [6.07, 6.45) is 1.63. The predicted octanol–water partition coefficient (Wildman–Crippen LogP) is 5.60. The Morgan fingerprint density at radius 3 is 2.44 bits per heavy atom. The molecule has 0 radical (unpaired) electrons. The van der Waals surface area contributed by atoms with E-state index in [9.17, 15) is 8.42 Å². The number of nitrogens with zero attached hydrogens (tertiary/aromatic N) is 2. The maximum atomic E-state index is 12.8. The highest BCUT2D eigenvalue weighted by atomic mass is 35.5. The monoisotopic (exact) mass is 491 g/mol. The SMILES string of the molecule is O=S(=O)(Nc1cc(-c2ccc3c(c2)N(Cc2ccccc2)CCO3)cnc1Cl)c1ccccc1. The molecule has 0 fully saturated rings. The van der Waals surface area contributed by atoms with Crippen LogP contribution in [0, 0.1) is 0 Å². The Kier molecular flexibility index (Phi) is 6.13. The Morgan fingerprint density at radius 2 is 1.68 bits per heavy atom. The van der Waals surface area contributed by atoms with Gasteiger partial charge in [0.05, 0.1) is 22.8 Å². The van der Waals surface area contributed by atoms with Crippen LogP contribution in [0.4, 0.5) is 11.4 Å². The van der Waals surface area contributed by atoms with Crippen LogP contribution >= 0.6 is 11.6 Å². The number of fused-ring (bicyclic) bond motifs is 1. The number of halogens is 1. The Labute approximate surface area is 203 Å². The molecule has 0 saturated heterocycles. The second-order valence-corrected chi connectivity index (χ2v) is 9.96. The molecule has 0 atom stereocenters. The standard InChI is InChI=1S/C26H22ClN3O3S/c27-26-23(29-34(31,32)22-9-5-2-6-10-22)15-21(17-28-26)20-11-12-25-24(16-20)30(13-14-33-25)18-19-7-3-1-4-8-19/h1-12,15-17,29H,13-14,18H2. The molecule has 5 rings (SSSR count). The first kappa shape index (κ1) is 22.3. The predicted molar refractivity (Wildman–Crippen MR) is 135 cm³/mol. The maximum Gasteiger partial charge on any atom is 0.261 e. The maximum absolute atomic E-state index is 12.8. The molecule has 34 heavy (non-hydrogen) atoms. The van der Waals surface area contributed by atoms with E-state index in [0.717, 1.165) is 35.7 Å². The molecule has 0 aliphatic carbocycles. The number of nitrogens with one attached hydrogen (secondary N) is 1. The lowest BCUT2D eigenvalue weighted by Crippen LogP contribution is -2.32. The number of hydrogen-bond acceptors (Lipinski definition) is 5. The van der Waals surface area contributed by atoms with Crippen molar-refractivity contribution in [3.8, 4) is 16.9 Å². The van der Waals surface area contributed by atoms with Gasteiger partial charge in [0.2, 0.25) is 0 Å². The van der Waals surface area contributed by atoms with Gasteiger partial charge in [0, 0.05) is 18.3 Å². The van der Waals surface area contributed by atoms with Gasteiger partial charge in [-0.2, -0.15) is 0 Å². The average molecular weight is 492 g/mol. The highest BCUT2D eigenvalue weighted by Gasteiger charge is 2.20. The van der Waals surface area contributed by atoms with Crippen LogP contribution in [-0.2, 0) is 16.6 Å². The summed E-state index contributed by atoms with van der Waals surface area (Å²) in [5.41, 5.74) is 4.04. The number of hydrogen-bond donors (Lipinski definition) is 1. The van der Waals surface area contributed by atoms with E-state index in [1.807, 2.05) is 36.4 Å². The van der Waals surface area contributed by atoms with Gasteiger partial charge in [-0.05, 0) is 41.5 Å². The third-order valence-corrected chi connectivity index (χ3v) is 7.29. The van der Waals surface area contributed by atoms with Crippen LogP contribution < -0.4 is 14.4 Å². The highest BCUT2D eigenvalue weighted by molar-refractivity contribution is 7.92. The van der Waals surface area contributed by atoms with Crippen LogP contribution in [0.1, 0.15) is 5.56 Å². The summed E-state index contributed by atoms with van der Waals surface area (Å²) in [7, 11) is -3.80. The minimum absolute atomic E-state index is 0.0789. The Hall–Kier alpha value is -3.55. The Bertz CT molecular complexity index is 1410. The number of sulfonamides is 1. The van der Waals surface area contributed by atoms with Gasteiger partial charge < -0.3 is 9.64 Å². The van der Waals surface area contributed by atoms with E-state index >= 15 is 0 Å². The average Bonchev–Trinajstić information content (AvgIpc) is 2.86. The molecular formula is C26H22ClN3O3S. The number of benzene rings is 3. The van der Waals surface area contributed by atoms with E-state index in [2.05, 4.69) is 26.7 Å². The Morgan fingerprint density at radius 1 is 0.941 bits per heavy atom. The summed E-state index contributed by atoms with van der Waals surface area (Å²) < 4.78 is 34.0. The van der Waals surface area contributed by atoms with Crippen molar-refractivity contribution in [2.24, 2.45) is 0 Å². The van der Waals surface area contributed by atoms with E-state index in [1.165, 1.54) is 17.7 Å². The highest BCUT2D eigenvalue weighted by Crippen LogP contribution is 2.37. The van der Waals surface area contributed by atoms with Gasteiger partial charge in [-0.15, -0.1) is 0 Å². The normalized spacial score (nSPS) is 13.1. The summed E-state index contributed by atoms with van der Waals surface area (Å²) in [6, 6.07) is 26.0. The van der Waals surface area contributed by atoms with E-state index < -0.39 is 10.0 Å². The number of aromatic nitrogens is 1. The van der Waals surface area contributed by atoms with Crippen molar-refractivity contribution in [1.82, 2.24) is 4.98 Å². The first-order chi connectivity index (χ1) is 16.5. The molecule has 1 N–H and O–H groups in total. The molecule has 172 valence electrons. The molecule has 2 heterocycles. The van der Waals surface area contributed by atoms with Gasteiger partial charge in [0.25, 0.3) is 10.0 Å². The summed E-state index contributed by atoms with van der Waals surface area (Å²) in [5, 5.41) is 0.0789. The second-order valence-electron chi connectivity index (χ2n) is 7.92. The lowest BCUT2D eigenvalue weighted by Gasteiger charge is -2.31. The zero-order chi connectivity index (χ0) is 23.5. The molecule has 0 bridgehead atoms. The topological polar surface area (TPSA) is 71.5 Å². The fourth-order valence-corrected chi connectivity index (χ4v) is 5.19. The van der Waals surface area contributed by atoms with Gasteiger partial charge in [-0.1, -0.05) is 66.2 Å². The van der Waals surface area contributed by atoms with Crippen molar-refractivity contribution in [2.75, 3.05) is 22.8 Å². The van der Waals surface area contributed by atoms with Crippen molar-refractivity contribution in [1.29, 1.82) is 0 Å². The zero-order valence-corrected chi connectivity index (χ0v) is 19.8. The molecule has 6 nitrogen and oxygen atoms in total. The smallest absolute Gasteiger partial charge is 0.261 e. The first-order valence-electron chi connectivity index (χ1n) is 10.8. The van der Waals surface area contributed by atoms with E-state index in [-0.39, 0.29) is 15.7 Å². The van der Waals surface area contributed by atoms with Crippen LogP contribution in [0.5, 0.6) is 5.75 Å². The number of ether oxygens (including phenoxy) is 1. The van der Waals surface area contributed by atoms with E-state index in [1.54, 1.807) is 30.5 Å². The first-order valence-corrected chi connectivity index (χ1v) is 12.7. The van der Waals surface area contributed by atoms with Crippen LogP contribution in [0.3, 0.4) is 0 Å². The molecule has 1 aromatic heterocycles. The van der Waals surface area contributed by atoms with Gasteiger partial charge in [-0.25, -0.2) is 13.4 Å². The molecule has 4 aromatic rings. The van der Waals surface area contributed by atoms with Crippen molar-refractivity contribution in [3.05, 3.63) is 102 Å². The molecule has 1 aliphatic rings. The van der Waals surface area contributed by atoms with Crippen LogP contribution in [-0.4, -0.2) is 26.6 Å². The van der Waals surface area contributed by atoms with E-state index in [0.29, 0.717) is 6.61 Å². The number of pyridine rings is 1. The molecule has 8 heteroatoms.